The molecule has 0 saturated heterocycles. The minimum absolute atomic E-state index is 0.324. The van der Waals surface area contributed by atoms with Crippen LogP contribution in [0.25, 0.3) is 10.8 Å². The van der Waals surface area contributed by atoms with Gasteiger partial charge in [-0.25, -0.2) is 0 Å². The third-order valence-electron chi connectivity index (χ3n) is 4.03. The number of aromatic nitrogens is 2. The number of methoxy groups -OCH3 is 1. The van der Waals surface area contributed by atoms with Crippen LogP contribution in [-0.4, -0.2) is 33.5 Å². The molecule has 0 fully saturated rings. The molecule has 0 spiro atoms. The van der Waals surface area contributed by atoms with E-state index < -0.39 is 0 Å². The van der Waals surface area contributed by atoms with Crippen molar-refractivity contribution in [1.82, 2.24) is 9.78 Å². The Labute approximate surface area is 152 Å². The highest BCUT2D eigenvalue weighted by Crippen LogP contribution is 2.18. The molecule has 1 aliphatic heterocycles. The number of aromatic amines is 1. The normalized spacial score (nSPS) is 14.0. The van der Waals surface area contributed by atoms with Crippen molar-refractivity contribution >= 4 is 33.4 Å². The van der Waals surface area contributed by atoms with Crippen LogP contribution < -0.4 is 15.9 Å². The molecule has 0 aliphatic carbocycles. The summed E-state index contributed by atoms with van der Waals surface area (Å²) in [6.07, 6.45) is 0. The molecule has 1 aliphatic rings. The molecule has 4 rings (SSSR count). The Morgan fingerprint density at radius 1 is 1.04 bits per heavy atom. The van der Waals surface area contributed by atoms with E-state index in [4.69, 9.17) is 4.74 Å². The van der Waals surface area contributed by atoms with Gasteiger partial charge in [-0.1, -0.05) is 23.9 Å². The molecule has 0 bridgehead atoms. The number of fused-ring (bicyclic) bond motifs is 1. The molecular formula is C18H14N4O3S. The first-order valence-corrected chi connectivity index (χ1v) is 8.82. The van der Waals surface area contributed by atoms with E-state index in [0.717, 1.165) is 21.7 Å². The summed E-state index contributed by atoms with van der Waals surface area (Å²) in [6.45, 7) is 0. The van der Waals surface area contributed by atoms with Gasteiger partial charge in [0.25, 0.3) is 11.1 Å². The molecule has 1 N–H and O–H groups in total. The van der Waals surface area contributed by atoms with E-state index >= 15 is 0 Å². The van der Waals surface area contributed by atoms with Crippen LogP contribution >= 0.6 is 11.8 Å². The van der Waals surface area contributed by atoms with Crippen LogP contribution in [0, 0.1) is 0 Å². The van der Waals surface area contributed by atoms with Crippen molar-refractivity contribution in [2.45, 2.75) is 0 Å². The lowest BCUT2D eigenvalue weighted by Gasteiger charge is -2.13. The van der Waals surface area contributed by atoms with Gasteiger partial charge in [0.05, 0.1) is 23.6 Å². The Hall–Kier alpha value is -3.13. The van der Waals surface area contributed by atoms with Crippen LogP contribution in [0.3, 0.4) is 0 Å². The number of hydrogen-bond acceptors (Lipinski definition) is 6. The SMILES string of the molecule is COc1ccc(C2=NN=C(n3[nH]c(=O)c4ccccc4c3=O)SC2)cc1. The van der Waals surface area contributed by atoms with Gasteiger partial charge in [0.1, 0.15) is 5.75 Å². The van der Waals surface area contributed by atoms with E-state index in [2.05, 4.69) is 15.3 Å². The lowest BCUT2D eigenvalue weighted by atomic mass is 10.1. The number of hydrogen-bond donors (Lipinski definition) is 1. The molecule has 0 atom stereocenters. The van der Waals surface area contributed by atoms with Gasteiger partial charge in [-0.15, -0.1) is 5.10 Å². The summed E-state index contributed by atoms with van der Waals surface area (Å²) < 4.78 is 6.30. The Bertz CT molecular complexity index is 1160. The van der Waals surface area contributed by atoms with Gasteiger partial charge in [-0.05, 0) is 42.0 Å². The smallest absolute Gasteiger partial charge is 0.279 e. The highest BCUT2D eigenvalue weighted by Gasteiger charge is 2.17. The second kappa shape index (κ2) is 6.64. The molecule has 0 unspecified atom stereocenters. The van der Waals surface area contributed by atoms with Gasteiger partial charge in [-0.3, -0.25) is 14.7 Å². The molecule has 26 heavy (non-hydrogen) atoms. The maximum Gasteiger partial charge on any atom is 0.279 e. The minimum Gasteiger partial charge on any atom is -0.497 e. The highest BCUT2D eigenvalue weighted by molar-refractivity contribution is 8.14. The van der Waals surface area contributed by atoms with Crippen LogP contribution in [0.5, 0.6) is 5.75 Å². The average molecular weight is 366 g/mol. The van der Waals surface area contributed by atoms with E-state index in [1.807, 2.05) is 24.3 Å². The third-order valence-corrected chi connectivity index (χ3v) is 4.97. The first kappa shape index (κ1) is 16.3. The number of H-pyrrole nitrogens is 1. The fourth-order valence-electron chi connectivity index (χ4n) is 2.66. The minimum atomic E-state index is -0.339. The summed E-state index contributed by atoms with van der Waals surface area (Å²) >= 11 is 1.34. The number of ether oxygens (including phenoxy) is 1. The van der Waals surface area contributed by atoms with E-state index in [1.165, 1.54) is 11.8 Å². The summed E-state index contributed by atoms with van der Waals surface area (Å²) in [6, 6.07) is 14.2. The van der Waals surface area contributed by atoms with Crippen molar-refractivity contribution in [1.29, 1.82) is 0 Å². The third kappa shape index (κ3) is 2.84. The molecule has 2 aromatic carbocycles. The maximum atomic E-state index is 12.6. The van der Waals surface area contributed by atoms with E-state index in [0.29, 0.717) is 21.7 Å². The van der Waals surface area contributed by atoms with Gasteiger partial charge in [0, 0.05) is 5.75 Å². The van der Waals surface area contributed by atoms with Crippen molar-refractivity contribution in [3.8, 4) is 5.75 Å². The quantitative estimate of drug-likeness (QED) is 0.752. The number of nitrogens with zero attached hydrogens (tertiary/aromatic N) is 3. The van der Waals surface area contributed by atoms with Crippen molar-refractivity contribution < 1.29 is 4.74 Å². The van der Waals surface area contributed by atoms with Gasteiger partial charge in [0.15, 0.2) is 0 Å². The first-order chi connectivity index (χ1) is 12.7. The molecule has 7 nitrogen and oxygen atoms in total. The molecule has 1 aromatic heterocycles. The number of nitrogens with one attached hydrogen (secondary N) is 1. The summed E-state index contributed by atoms with van der Waals surface area (Å²) in [4.78, 5) is 24.9. The summed E-state index contributed by atoms with van der Waals surface area (Å²) in [5.41, 5.74) is 1.06. The lowest BCUT2D eigenvalue weighted by Crippen LogP contribution is -2.34. The molecular weight excluding hydrogens is 352 g/mol. The number of rotatable bonds is 2. The van der Waals surface area contributed by atoms with Crippen LogP contribution in [0.1, 0.15) is 5.56 Å². The fourth-order valence-corrected chi connectivity index (χ4v) is 3.51. The molecule has 3 aromatic rings. The maximum absolute atomic E-state index is 12.6. The second-order valence-corrected chi connectivity index (χ2v) is 6.52. The van der Waals surface area contributed by atoms with E-state index in [1.54, 1.807) is 31.4 Å². The van der Waals surface area contributed by atoms with Crippen molar-refractivity contribution in [3.05, 3.63) is 74.8 Å². The first-order valence-electron chi connectivity index (χ1n) is 7.83. The zero-order chi connectivity index (χ0) is 18.1. The van der Waals surface area contributed by atoms with Gasteiger partial charge in [-0.2, -0.15) is 9.78 Å². The predicted molar refractivity (Wildman–Crippen MR) is 104 cm³/mol. The monoisotopic (exact) mass is 366 g/mol. The van der Waals surface area contributed by atoms with Gasteiger partial charge in [0.2, 0.25) is 5.17 Å². The summed E-state index contributed by atoms with van der Waals surface area (Å²) in [7, 11) is 1.61. The average Bonchev–Trinajstić information content (AvgIpc) is 2.71. The van der Waals surface area contributed by atoms with Crippen molar-refractivity contribution in [2.75, 3.05) is 12.9 Å². The molecule has 130 valence electrons. The molecule has 8 heteroatoms. The van der Waals surface area contributed by atoms with E-state index in [9.17, 15) is 9.59 Å². The van der Waals surface area contributed by atoms with Crippen LogP contribution in [0.2, 0.25) is 0 Å². The lowest BCUT2D eigenvalue weighted by molar-refractivity contribution is 0.415. The zero-order valence-electron chi connectivity index (χ0n) is 13.8. The zero-order valence-corrected chi connectivity index (χ0v) is 14.6. The molecule has 0 amide bonds. The molecule has 0 saturated carbocycles. The topological polar surface area (TPSA) is 88.8 Å². The highest BCUT2D eigenvalue weighted by atomic mass is 32.2. The van der Waals surface area contributed by atoms with Crippen molar-refractivity contribution in [3.63, 3.8) is 0 Å². The Morgan fingerprint density at radius 2 is 1.77 bits per heavy atom. The number of thioether (sulfide) groups is 1. The molecule has 0 radical (unpaired) electrons. The second-order valence-electron chi connectivity index (χ2n) is 5.57. The standard InChI is InChI=1S/C18H14N4O3S/c1-25-12-8-6-11(7-9-12)15-10-26-18(20-19-15)22-17(24)14-5-3-2-4-13(14)16(23)21-22/h2-9H,10H2,1H3,(H,21,23). The largest absolute Gasteiger partial charge is 0.497 e. The fraction of sp³-hybridized carbons (Fsp3) is 0.111. The predicted octanol–water partition coefficient (Wildman–Crippen LogP) is 2.05. The van der Waals surface area contributed by atoms with Crippen LogP contribution in [0.4, 0.5) is 0 Å². The van der Waals surface area contributed by atoms with Crippen LogP contribution in [0.15, 0.2) is 68.3 Å². The Morgan fingerprint density at radius 3 is 2.42 bits per heavy atom. The summed E-state index contributed by atoms with van der Waals surface area (Å²) in [5, 5.41) is 12.0. The van der Waals surface area contributed by atoms with E-state index in [-0.39, 0.29) is 11.1 Å². The Balaban J connectivity index is 1.74. The number of benzene rings is 2. The van der Waals surface area contributed by atoms with Gasteiger partial charge >= 0.3 is 0 Å². The molecule has 2 heterocycles. The van der Waals surface area contributed by atoms with Gasteiger partial charge < -0.3 is 4.74 Å². The van der Waals surface area contributed by atoms with Crippen molar-refractivity contribution in [2.24, 2.45) is 10.2 Å². The van der Waals surface area contributed by atoms with Crippen LogP contribution in [-0.2, 0) is 0 Å². The summed E-state index contributed by atoms with van der Waals surface area (Å²) in [5.74, 6) is 1.30. The Kier molecular flexibility index (Phi) is 4.18.